The Morgan fingerprint density at radius 1 is 1.33 bits per heavy atom. The fraction of sp³-hybridized carbons (Fsp3) is 0.353. The number of aliphatic carboxylic acids is 1. The highest BCUT2D eigenvalue weighted by Crippen LogP contribution is 2.17. The zero-order chi connectivity index (χ0) is 17.5. The lowest BCUT2D eigenvalue weighted by Gasteiger charge is -2.26. The van der Waals surface area contributed by atoms with Gasteiger partial charge in [-0.15, -0.1) is 0 Å². The molecule has 0 spiro atoms. The first kappa shape index (κ1) is 17.5. The van der Waals surface area contributed by atoms with Crippen LogP contribution in [0.15, 0.2) is 29.8 Å². The zero-order valence-electron chi connectivity index (χ0n) is 13.2. The molecule has 0 aliphatic carbocycles. The van der Waals surface area contributed by atoms with Gasteiger partial charge in [-0.3, -0.25) is 4.79 Å². The lowest BCUT2D eigenvalue weighted by atomic mass is 10.1. The van der Waals surface area contributed by atoms with E-state index >= 15 is 0 Å². The van der Waals surface area contributed by atoms with Crippen molar-refractivity contribution in [2.75, 3.05) is 26.3 Å². The number of carboxylic acid groups (broad SMARTS) is 1. The normalized spacial score (nSPS) is 16.2. The SMILES string of the molecule is C[C@H](Oc1ccc(/C=C(\C#N)C(=O)N2CCOCC2)cc1)C(=O)[O-]. The van der Waals surface area contributed by atoms with E-state index in [0.29, 0.717) is 37.6 Å². The third-order valence-corrected chi connectivity index (χ3v) is 3.49. The van der Waals surface area contributed by atoms with Gasteiger partial charge in [0, 0.05) is 13.1 Å². The van der Waals surface area contributed by atoms with Gasteiger partial charge in [-0.05, 0) is 30.7 Å². The quantitative estimate of drug-likeness (QED) is 0.555. The molecule has 1 heterocycles. The largest absolute Gasteiger partial charge is 0.546 e. The minimum Gasteiger partial charge on any atom is -0.546 e. The van der Waals surface area contributed by atoms with E-state index in [4.69, 9.17) is 9.47 Å². The molecule has 1 aromatic rings. The Bertz CT molecular complexity index is 669. The van der Waals surface area contributed by atoms with Crippen LogP contribution < -0.4 is 9.84 Å². The maximum Gasteiger partial charge on any atom is 0.264 e. The third kappa shape index (κ3) is 4.57. The lowest BCUT2D eigenvalue weighted by molar-refractivity contribution is -0.312. The Kier molecular flexibility index (Phi) is 5.93. The molecular weight excluding hydrogens is 312 g/mol. The summed E-state index contributed by atoms with van der Waals surface area (Å²) in [7, 11) is 0. The van der Waals surface area contributed by atoms with E-state index < -0.39 is 12.1 Å². The van der Waals surface area contributed by atoms with E-state index in [2.05, 4.69) is 0 Å². The monoisotopic (exact) mass is 329 g/mol. The number of amides is 1. The fourth-order valence-electron chi connectivity index (χ4n) is 2.14. The first-order chi connectivity index (χ1) is 11.5. The van der Waals surface area contributed by atoms with Crippen LogP contribution in [-0.2, 0) is 14.3 Å². The van der Waals surface area contributed by atoms with Crippen LogP contribution in [0.2, 0.25) is 0 Å². The van der Waals surface area contributed by atoms with Crippen LogP contribution in [0.4, 0.5) is 0 Å². The lowest BCUT2D eigenvalue weighted by Crippen LogP contribution is -2.41. The molecule has 0 unspecified atom stereocenters. The molecule has 0 saturated carbocycles. The summed E-state index contributed by atoms with van der Waals surface area (Å²) in [4.78, 5) is 24.5. The number of carboxylic acids is 1. The Balaban J connectivity index is 2.09. The van der Waals surface area contributed by atoms with Crippen LogP contribution in [0.3, 0.4) is 0 Å². The average Bonchev–Trinajstić information content (AvgIpc) is 2.61. The molecule has 0 bridgehead atoms. The molecule has 0 N–H and O–H groups in total. The van der Waals surface area contributed by atoms with Crippen molar-refractivity contribution < 1.29 is 24.2 Å². The molecule has 1 atom stereocenters. The summed E-state index contributed by atoms with van der Waals surface area (Å²) in [6.07, 6.45) is 0.424. The molecule has 1 aliphatic rings. The number of nitrogens with zero attached hydrogens (tertiary/aromatic N) is 2. The molecular formula is C17H17N2O5-. The summed E-state index contributed by atoms with van der Waals surface area (Å²) in [5.41, 5.74) is 0.676. The van der Waals surface area contributed by atoms with Gasteiger partial charge in [0.2, 0.25) is 0 Å². The minimum absolute atomic E-state index is 0.0358. The summed E-state index contributed by atoms with van der Waals surface area (Å²) < 4.78 is 10.4. The van der Waals surface area contributed by atoms with E-state index in [1.54, 1.807) is 29.2 Å². The van der Waals surface area contributed by atoms with Gasteiger partial charge in [0.1, 0.15) is 23.5 Å². The number of hydrogen-bond donors (Lipinski definition) is 0. The van der Waals surface area contributed by atoms with Gasteiger partial charge in [-0.1, -0.05) is 12.1 Å². The predicted octanol–water partition coefficient (Wildman–Crippen LogP) is -0.0304. The second-order valence-corrected chi connectivity index (χ2v) is 5.22. The molecule has 1 aromatic carbocycles. The van der Waals surface area contributed by atoms with E-state index in [1.165, 1.54) is 13.0 Å². The van der Waals surface area contributed by atoms with Gasteiger partial charge in [-0.25, -0.2) is 0 Å². The van der Waals surface area contributed by atoms with Crippen molar-refractivity contribution >= 4 is 18.0 Å². The molecule has 2 rings (SSSR count). The molecule has 7 heteroatoms. The molecule has 7 nitrogen and oxygen atoms in total. The Labute approximate surface area is 139 Å². The van der Waals surface area contributed by atoms with Gasteiger partial charge in [0.05, 0.1) is 19.2 Å². The topological polar surface area (TPSA) is 103 Å². The highest BCUT2D eigenvalue weighted by atomic mass is 16.5. The molecule has 1 fully saturated rings. The highest BCUT2D eigenvalue weighted by Gasteiger charge is 2.20. The molecule has 1 aliphatic heterocycles. The van der Waals surface area contributed by atoms with Crippen molar-refractivity contribution in [2.45, 2.75) is 13.0 Å². The van der Waals surface area contributed by atoms with Crippen molar-refractivity contribution in [1.82, 2.24) is 4.90 Å². The molecule has 1 amide bonds. The number of ether oxygens (including phenoxy) is 2. The van der Waals surface area contributed by atoms with Gasteiger partial charge < -0.3 is 24.3 Å². The number of carbonyl (C=O) groups excluding carboxylic acids is 2. The molecule has 126 valence electrons. The molecule has 24 heavy (non-hydrogen) atoms. The number of carbonyl (C=O) groups is 2. The average molecular weight is 329 g/mol. The van der Waals surface area contributed by atoms with E-state index in [-0.39, 0.29) is 11.5 Å². The molecule has 0 aromatic heterocycles. The predicted molar refractivity (Wildman–Crippen MR) is 82.5 cm³/mol. The summed E-state index contributed by atoms with van der Waals surface area (Å²) in [5, 5.41) is 19.9. The van der Waals surface area contributed by atoms with Crippen molar-refractivity contribution in [2.24, 2.45) is 0 Å². The van der Waals surface area contributed by atoms with Crippen molar-refractivity contribution in [3.63, 3.8) is 0 Å². The second kappa shape index (κ2) is 8.13. The number of morpholine rings is 1. The zero-order valence-corrected chi connectivity index (χ0v) is 13.2. The highest BCUT2D eigenvalue weighted by molar-refractivity contribution is 6.01. The summed E-state index contributed by atoms with van der Waals surface area (Å²) in [6.45, 7) is 3.23. The summed E-state index contributed by atoms with van der Waals surface area (Å²) >= 11 is 0. The maximum absolute atomic E-state index is 12.3. The molecule has 0 radical (unpaired) electrons. The van der Waals surface area contributed by atoms with Gasteiger partial charge in [-0.2, -0.15) is 5.26 Å². The van der Waals surface area contributed by atoms with Crippen LogP contribution in [0.25, 0.3) is 6.08 Å². The molecule has 1 saturated heterocycles. The number of hydrogen-bond acceptors (Lipinski definition) is 6. The van der Waals surface area contributed by atoms with Crippen molar-refractivity contribution in [3.05, 3.63) is 35.4 Å². The van der Waals surface area contributed by atoms with E-state index in [0.717, 1.165) is 0 Å². The number of rotatable bonds is 5. The van der Waals surface area contributed by atoms with E-state index in [9.17, 15) is 20.0 Å². The third-order valence-electron chi connectivity index (χ3n) is 3.49. The van der Waals surface area contributed by atoms with Crippen molar-refractivity contribution in [1.29, 1.82) is 5.26 Å². The van der Waals surface area contributed by atoms with Gasteiger partial charge >= 0.3 is 0 Å². The minimum atomic E-state index is -1.30. The van der Waals surface area contributed by atoms with Crippen LogP contribution in [0.5, 0.6) is 5.75 Å². The van der Waals surface area contributed by atoms with Crippen LogP contribution in [-0.4, -0.2) is 49.2 Å². The second-order valence-electron chi connectivity index (χ2n) is 5.22. The van der Waals surface area contributed by atoms with Crippen LogP contribution in [0.1, 0.15) is 12.5 Å². The first-order valence-electron chi connectivity index (χ1n) is 7.47. The van der Waals surface area contributed by atoms with Crippen molar-refractivity contribution in [3.8, 4) is 11.8 Å². The summed E-state index contributed by atoms with van der Waals surface area (Å²) in [5.74, 6) is -1.27. The Hall–Kier alpha value is -2.85. The van der Waals surface area contributed by atoms with Crippen LogP contribution in [0, 0.1) is 11.3 Å². The van der Waals surface area contributed by atoms with Gasteiger partial charge in [0.15, 0.2) is 0 Å². The van der Waals surface area contributed by atoms with E-state index in [1.807, 2.05) is 6.07 Å². The Morgan fingerprint density at radius 2 is 1.96 bits per heavy atom. The number of nitriles is 1. The fourth-order valence-corrected chi connectivity index (χ4v) is 2.14. The first-order valence-corrected chi connectivity index (χ1v) is 7.47. The number of benzene rings is 1. The Morgan fingerprint density at radius 3 is 2.50 bits per heavy atom. The summed E-state index contributed by atoms with van der Waals surface area (Å²) in [6, 6.07) is 8.34. The standard InChI is InChI=1S/C17H18N2O5/c1-12(17(21)22)24-15-4-2-13(3-5-15)10-14(11-18)16(20)19-6-8-23-9-7-19/h2-5,10,12H,6-9H2,1H3,(H,21,22)/p-1/b14-10+/t12-/m0/s1. The maximum atomic E-state index is 12.3. The van der Waals surface area contributed by atoms with Crippen LogP contribution >= 0.6 is 0 Å². The smallest absolute Gasteiger partial charge is 0.264 e. The van der Waals surface area contributed by atoms with Gasteiger partial charge in [0.25, 0.3) is 5.91 Å².